The van der Waals surface area contributed by atoms with Gasteiger partial charge in [0.2, 0.25) is 0 Å². The number of sulfonamides is 1. The van der Waals surface area contributed by atoms with Crippen molar-refractivity contribution in [2.24, 2.45) is 0 Å². The Morgan fingerprint density at radius 3 is 2.59 bits per heavy atom. The first-order valence-electron chi connectivity index (χ1n) is 11.3. The maximum Gasteiger partial charge on any atom is 0.262 e. The molecule has 0 saturated carbocycles. The Balaban J connectivity index is 1.42. The molecule has 1 saturated heterocycles. The molecule has 178 valence electrons. The van der Waals surface area contributed by atoms with Gasteiger partial charge >= 0.3 is 0 Å². The van der Waals surface area contributed by atoms with E-state index in [4.69, 9.17) is 4.74 Å². The fourth-order valence-corrected chi connectivity index (χ4v) is 5.28. The van der Waals surface area contributed by atoms with Crippen molar-refractivity contribution in [3.8, 4) is 5.75 Å². The monoisotopic (exact) mass is 479 g/mol. The second-order valence-corrected chi connectivity index (χ2v) is 10.0. The first-order chi connectivity index (χ1) is 16.4. The summed E-state index contributed by atoms with van der Waals surface area (Å²) in [5, 5.41) is 3.08. The van der Waals surface area contributed by atoms with Crippen LogP contribution in [0.5, 0.6) is 5.75 Å². The smallest absolute Gasteiger partial charge is 0.262 e. The van der Waals surface area contributed by atoms with Crippen LogP contribution in [0.15, 0.2) is 83.8 Å². The van der Waals surface area contributed by atoms with E-state index in [0.29, 0.717) is 17.0 Å². The molecule has 1 aliphatic rings. The summed E-state index contributed by atoms with van der Waals surface area (Å²) in [6.45, 7) is 2.59. The summed E-state index contributed by atoms with van der Waals surface area (Å²) in [5.41, 5.74) is 1.89. The molecule has 8 heteroatoms. The molecule has 1 heterocycles. The van der Waals surface area contributed by atoms with Crippen LogP contribution in [0.4, 0.5) is 5.69 Å². The molecule has 2 N–H and O–H groups in total. The predicted octanol–water partition coefficient (Wildman–Crippen LogP) is 3.89. The number of benzene rings is 3. The fraction of sp³-hybridized carbons (Fsp3) is 0.269. The van der Waals surface area contributed by atoms with Gasteiger partial charge in [-0.1, -0.05) is 48.5 Å². The molecule has 0 aromatic heterocycles. The Morgan fingerprint density at radius 1 is 1.03 bits per heavy atom. The number of para-hydroxylation sites is 2. The molecule has 0 radical (unpaired) electrons. The highest BCUT2D eigenvalue weighted by Crippen LogP contribution is 2.26. The minimum Gasteiger partial charge on any atom is -0.495 e. The molecule has 34 heavy (non-hydrogen) atoms. The predicted molar refractivity (Wildman–Crippen MR) is 132 cm³/mol. The van der Waals surface area contributed by atoms with E-state index < -0.39 is 10.0 Å². The van der Waals surface area contributed by atoms with Crippen molar-refractivity contribution in [2.45, 2.75) is 30.3 Å². The van der Waals surface area contributed by atoms with Crippen molar-refractivity contribution < 1.29 is 17.9 Å². The molecule has 3 aromatic rings. The largest absolute Gasteiger partial charge is 0.495 e. The normalized spacial score (nSPS) is 16.6. The zero-order valence-corrected chi connectivity index (χ0v) is 19.9. The van der Waals surface area contributed by atoms with E-state index in [0.717, 1.165) is 32.5 Å². The standard InChI is InChI=1S/C26H29N3O4S/c1-33-25-15-6-5-14-24(25)28-34(31,32)23-13-7-11-21(17-23)26(30)27-22-12-8-16-29(19-22)18-20-9-3-2-4-10-20/h2-7,9-11,13-15,17,22,28H,8,12,16,18-19H2,1H3,(H,27,30). The SMILES string of the molecule is COc1ccccc1NS(=O)(=O)c1cccc(C(=O)NC2CCCN(Cc3ccccc3)C2)c1. The van der Waals surface area contributed by atoms with Gasteiger partial charge in [-0.25, -0.2) is 8.42 Å². The Hall–Kier alpha value is -3.36. The summed E-state index contributed by atoms with van der Waals surface area (Å²) >= 11 is 0. The second kappa shape index (κ2) is 10.7. The summed E-state index contributed by atoms with van der Waals surface area (Å²) in [4.78, 5) is 15.3. The van der Waals surface area contributed by atoms with Gasteiger partial charge in [-0.2, -0.15) is 0 Å². The van der Waals surface area contributed by atoms with Gasteiger partial charge < -0.3 is 10.1 Å². The van der Waals surface area contributed by atoms with E-state index in [1.54, 1.807) is 36.4 Å². The first-order valence-corrected chi connectivity index (χ1v) is 12.8. The average Bonchev–Trinajstić information content (AvgIpc) is 2.85. The summed E-state index contributed by atoms with van der Waals surface area (Å²) < 4.78 is 33.7. The van der Waals surface area contributed by atoms with Crippen molar-refractivity contribution in [2.75, 3.05) is 24.9 Å². The molecule has 1 aliphatic heterocycles. The summed E-state index contributed by atoms with van der Waals surface area (Å²) in [6.07, 6.45) is 1.89. The van der Waals surface area contributed by atoms with Gasteiger partial charge in [0, 0.05) is 24.7 Å². The maximum atomic E-state index is 13.0. The summed E-state index contributed by atoms with van der Waals surface area (Å²) in [7, 11) is -2.42. The molecule has 0 spiro atoms. The number of ether oxygens (including phenoxy) is 1. The highest BCUT2D eigenvalue weighted by molar-refractivity contribution is 7.92. The molecule has 0 bridgehead atoms. The van der Waals surface area contributed by atoms with Gasteiger partial charge in [0.15, 0.2) is 0 Å². The molecule has 1 amide bonds. The van der Waals surface area contributed by atoms with E-state index >= 15 is 0 Å². The molecule has 3 aromatic carbocycles. The van der Waals surface area contributed by atoms with Gasteiger partial charge in [0.1, 0.15) is 5.75 Å². The number of nitrogens with zero attached hydrogens (tertiary/aromatic N) is 1. The molecule has 0 aliphatic carbocycles. The third-order valence-corrected chi connectivity index (χ3v) is 7.21. The zero-order valence-electron chi connectivity index (χ0n) is 19.1. The Labute approximate surface area is 200 Å². The van der Waals surface area contributed by atoms with Crippen molar-refractivity contribution >= 4 is 21.6 Å². The minimum absolute atomic E-state index is 0.0110. The number of piperidine rings is 1. The van der Waals surface area contributed by atoms with Crippen molar-refractivity contribution in [1.82, 2.24) is 10.2 Å². The van der Waals surface area contributed by atoms with Gasteiger partial charge in [-0.05, 0) is 55.3 Å². The van der Waals surface area contributed by atoms with Crippen LogP contribution in [-0.2, 0) is 16.6 Å². The maximum absolute atomic E-state index is 13.0. The van der Waals surface area contributed by atoms with Crippen molar-refractivity contribution in [3.63, 3.8) is 0 Å². The number of hydrogen-bond donors (Lipinski definition) is 2. The Bertz CT molecular complexity index is 1230. The van der Waals surface area contributed by atoms with Gasteiger partial charge in [-0.3, -0.25) is 14.4 Å². The van der Waals surface area contributed by atoms with Crippen LogP contribution in [0.1, 0.15) is 28.8 Å². The summed E-state index contributed by atoms with van der Waals surface area (Å²) in [6, 6.07) is 23.1. The summed E-state index contributed by atoms with van der Waals surface area (Å²) in [5.74, 6) is 0.137. The molecular formula is C26H29N3O4S. The number of methoxy groups -OCH3 is 1. The van der Waals surface area contributed by atoms with E-state index in [2.05, 4.69) is 27.1 Å². The van der Waals surface area contributed by atoms with Crippen LogP contribution < -0.4 is 14.8 Å². The first kappa shape index (κ1) is 23.8. The lowest BCUT2D eigenvalue weighted by Gasteiger charge is -2.33. The van der Waals surface area contributed by atoms with Crippen LogP contribution >= 0.6 is 0 Å². The van der Waals surface area contributed by atoms with Crippen LogP contribution in [-0.4, -0.2) is 45.5 Å². The van der Waals surface area contributed by atoms with E-state index in [9.17, 15) is 13.2 Å². The van der Waals surface area contributed by atoms with Crippen molar-refractivity contribution in [1.29, 1.82) is 0 Å². The number of likely N-dealkylation sites (tertiary alicyclic amines) is 1. The zero-order chi connectivity index (χ0) is 24.0. The third-order valence-electron chi connectivity index (χ3n) is 5.85. The number of anilines is 1. The van der Waals surface area contributed by atoms with Crippen LogP contribution in [0.2, 0.25) is 0 Å². The Kier molecular flexibility index (Phi) is 7.49. The molecule has 1 unspecified atom stereocenters. The highest BCUT2D eigenvalue weighted by Gasteiger charge is 2.23. The van der Waals surface area contributed by atoms with E-state index in [-0.39, 0.29) is 16.8 Å². The minimum atomic E-state index is -3.90. The molecule has 4 rings (SSSR count). The number of hydrogen-bond acceptors (Lipinski definition) is 5. The quantitative estimate of drug-likeness (QED) is 0.512. The third kappa shape index (κ3) is 5.95. The lowest BCUT2D eigenvalue weighted by Crippen LogP contribution is -2.47. The number of carbonyl (C=O) groups is 1. The van der Waals surface area contributed by atoms with Gasteiger partial charge in [0.05, 0.1) is 17.7 Å². The topological polar surface area (TPSA) is 87.7 Å². The lowest BCUT2D eigenvalue weighted by atomic mass is 10.0. The highest BCUT2D eigenvalue weighted by atomic mass is 32.2. The van der Waals surface area contributed by atoms with Crippen molar-refractivity contribution in [3.05, 3.63) is 90.0 Å². The van der Waals surface area contributed by atoms with E-state index in [1.807, 2.05) is 18.2 Å². The molecule has 1 atom stereocenters. The van der Waals surface area contributed by atoms with Crippen LogP contribution in [0.3, 0.4) is 0 Å². The number of nitrogens with one attached hydrogen (secondary N) is 2. The lowest BCUT2D eigenvalue weighted by molar-refractivity contribution is 0.0900. The fourth-order valence-electron chi connectivity index (χ4n) is 4.16. The number of carbonyl (C=O) groups excluding carboxylic acids is 1. The van der Waals surface area contributed by atoms with Crippen LogP contribution in [0.25, 0.3) is 0 Å². The number of amides is 1. The van der Waals surface area contributed by atoms with E-state index in [1.165, 1.54) is 24.8 Å². The average molecular weight is 480 g/mol. The number of rotatable bonds is 8. The van der Waals surface area contributed by atoms with Gasteiger partial charge in [-0.15, -0.1) is 0 Å². The molecular weight excluding hydrogens is 450 g/mol. The van der Waals surface area contributed by atoms with Gasteiger partial charge in [0.25, 0.3) is 15.9 Å². The molecule has 1 fully saturated rings. The second-order valence-electron chi connectivity index (χ2n) is 8.37. The van der Waals surface area contributed by atoms with Crippen LogP contribution in [0, 0.1) is 0 Å². The Morgan fingerprint density at radius 2 is 1.79 bits per heavy atom. The molecule has 7 nitrogen and oxygen atoms in total.